The second kappa shape index (κ2) is 8.94. The van der Waals surface area contributed by atoms with Gasteiger partial charge in [-0.3, -0.25) is 9.69 Å². The van der Waals surface area contributed by atoms with Crippen molar-refractivity contribution >= 4 is 18.3 Å². The topological polar surface area (TPSA) is 62.2 Å². The third kappa shape index (κ3) is 5.01. The average Bonchev–Trinajstić information content (AvgIpc) is 3.01. The Labute approximate surface area is 152 Å². The van der Waals surface area contributed by atoms with Crippen LogP contribution in [0.25, 0.3) is 0 Å². The molecule has 1 unspecified atom stereocenters. The highest BCUT2D eigenvalue weighted by atomic mass is 35.5. The van der Waals surface area contributed by atoms with Gasteiger partial charge in [0.05, 0.1) is 12.6 Å². The minimum absolute atomic E-state index is 0. The predicted octanol–water partition coefficient (Wildman–Crippen LogP) is 1.24. The number of carbonyl (C=O) groups excluding carboxylic acids is 1. The molecule has 1 aromatic heterocycles. The monoisotopic (exact) mass is 367 g/mol. The largest absolute Gasteiger partial charge is 0.351 e. The number of nitrogens with zero attached hydrogens (tertiary/aromatic N) is 3. The fraction of sp³-hybridized carbons (Fsp3) is 0.412. The predicted molar refractivity (Wildman–Crippen MR) is 95.9 cm³/mol. The maximum absolute atomic E-state index is 12.9. The number of carbonyl (C=O) groups is 1. The number of amides is 1. The molecule has 1 aliphatic rings. The van der Waals surface area contributed by atoms with Crippen LogP contribution in [0, 0.1) is 5.82 Å². The Balaban J connectivity index is 0.00000225. The Morgan fingerprint density at radius 2 is 2.16 bits per heavy atom. The van der Waals surface area contributed by atoms with Crippen LogP contribution in [0.5, 0.6) is 0 Å². The molecule has 2 heterocycles. The van der Waals surface area contributed by atoms with E-state index >= 15 is 0 Å². The summed E-state index contributed by atoms with van der Waals surface area (Å²) in [5.41, 5.74) is 0.880. The Morgan fingerprint density at radius 1 is 1.40 bits per heavy atom. The van der Waals surface area contributed by atoms with E-state index in [0.717, 1.165) is 31.0 Å². The quantitative estimate of drug-likeness (QED) is 0.834. The molecule has 1 amide bonds. The van der Waals surface area contributed by atoms with Crippen molar-refractivity contribution in [1.29, 1.82) is 0 Å². The van der Waals surface area contributed by atoms with Crippen LogP contribution in [-0.2, 0) is 18.4 Å². The number of nitrogens with one attached hydrogen (secondary N) is 2. The Hall–Kier alpha value is -1.96. The summed E-state index contributed by atoms with van der Waals surface area (Å²) in [6.45, 7) is 3.14. The molecule has 2 N–H and O–H groups in total. The van der Waals surface area contributed by atoms with Crippen molar-refractivity contribution in [2.45, 2.75) is 12.6 Å². The highest BCUT2D eigenvalue weighted by Gasteiger charge is 2.28. The number of piperazine rings is 1. The SMILES string of the molecule is Cl.Cn1ccnc1C1CNCCN1CC(=O)NCc1ccc(F)cc1. The van der Waals surface area contributed by atoms with Crippen molar-refractivity contribution in [3.63, 3.8) is 0 Å². The van der Waals surface area contributed by atoms with E-state index in [1.54, 1.807) is 18.3 Å². The maximum Gasteiger partial charge on any atom is 0.234 e. The van der Waals surface area contributed by atoms with E-state index in [9.17, 15) is 9.18 Å². The van der Waals surface area contributed by atoms with Gasteiger partial charge in [-0.1, -0.05) is 12.1 Å². The van der Waals surface area contributed by atoms with Crippen molar-refractivity contribution in [1.82, 2.24) is 25.1 Å². The molecule has 0 saturated carbocycles. The van der Waals surface area contributed by atoms with Gasteiger partial charge in [-0.15, -0.1) is 12.4 Å². The molecule has 136 valence electrons. The van der Waals surface area contributed by atoms with Gasteiger partial charge in [-0.25, -0.2) is 9.37 Å². The lowest BCUT2D eigenvalue weighted by Gasteiger charge is -2.35. The van der Waals surface area contributed by atoms with Crippen molar-refractivity contribution in [2.75, 3.05) is 26.2 Å². The number of benzene rings is 1. The van der Waals surface area contributed by atoms with E-state index in [0.29, 0.717) is 13.1 Å². The van der Waals surface area contributed by atoms with Gasteiger partial charge in [-0.05, 0) is 17.7 Å². The fourth-order valence-corrected chi connectivity index (χ4v) is 2.93. The third-order valence-corrected chi connectivity index (χ3v) is 4.26. The van der Waals surface area contributed by atoms with Crippen molar-refractivity contribution in [3.8, 4) is 0 Å². The molecule has 1 fully saturated rings. The van der Waals surface area contributed by atoms with Gasteiger partial charge in [0.2, 0.25) is 5.91 Å². The number of halogens is 2. The molecule has 0 aliphatic carbocycles. The molecule has 2 aromatic rings. The third-order valence-electron chi connectivity index (χ3n) is 4.26. The van der Waals surface area contributed by atoms with Crippen LogP contribution in [0.4, 0.5) is 4.39 Å². The zero-order valence-electron chi connectivity index (χ0n) is 14.1. The second-order valence-corrected chi connectivity index (χ2v) is 5.99. The van der Waals surface area contributed by atoms with Crippen molar-refractivity contribution < 1.29 is 9.18 Å². The standard InChI is InChI=1S/C17H22FN5O.ClH/c1-22-8-7-20-17(22)15-11-19-6-9-23(15)12-16(24)21-10-13-2-4-14(18)5-3-13;/h2-5,7-8,15,19H,6,9-12H2,1H3,(H,21,24);1H. The maximum atomic E-state index is 12.9. The van der Waals surface area contributed by atoms with Gasteiger partial charge in [0, 0.05) is 45.6 Å². The molecular formula is C17H23ClFN5O. The number of rotatable bonds is 5. The summed E-state index contributed by atoms with van der Waals surface area (Å²) >= 11 is 0. The van der Waals surface area contributed by atoms with E-state index in [4.69, 9.17) is 0 Å². The Bertz CT molecular complexity index is 691. The first-order chi connectivity index (χ1) is 11.6. The molecule has 3 rings (SSSR count). The van der Waals surface area contributed by atoms with Gasteiger partial charge in [0.25, 0.3) is 0 Å². The van der Waals surface area contributed by atoms with Crippen LogP contribution >= 0.6 is 12.4 Å². The zero-order valence-corrected chi connectivity index (χ0v) is 14.9. The minimum Gasteiger partial charge on any atom is -0.351 e. The zero-order chi connectivity index (χ0) is 16.9. The molecule has 25 heavy (non-hydrogen) atoms. The lowest BCUT2D eigenvalue weighted by atomic mass is 10.1. The summed E-state index contributed by atoms with van der Waals surface area (Å²) in [5.74, 6) is 0.637. The molecule has 6 nitrogen and oxygen atoms in total. The van der Waals surface area contributed by atoms with E-state index in [2.05, 4.69) is 20.5 Å². The lowest BCUT2D eigenvalue weighted by Crippen LogP contribution is -2.50. The second-order valence-electron chi connectivity index (χ2n) is 5.99. The summed E-state index contributed by atoms with van der Waals surface area (Å²) < 4.78 is 14.9. The van der Waals surface area contributed by atoms with Crippen molar-refractivity contribution in [2.24, 2.45) is 7.05 Å². The van der Waals surface area contributed by atoms with Crippen LogP contribution in [0.3, 0.4) is 0 Å². The molecule has 1 saturated heterocycles. The van der Waals surface area contributed by atoms with E-state index in [1.165, 1.54) is 12.1 Å². The van der Waals surface area contributed by atoms with Crippen LogP contribution in [0.15, 0.2) is 36.7 Å². The molecule has 1 atom stereocenters. The lowest BCUT2D eigenvalue weighted by molar-refractivity contribution is -0.123. The van der Waals surface area contributed by atoms with Gasteiger partial charge >= 0.3 is 0 Å². The van der Waals surface area contributed by atoms with Gasteiger partial charge < -0.3 is 15.2 Å². The Kier molecular flexibility index (Phi) is 6.92. The van der Waals surface area contributed by atoms with Crippen LogP contribution in [-0.4, -0.2) is 46.5 Å². The van der Waals surface area contributed by atoms with E-state index in [1.807, 2.05) is 17.8 Å². The molecule has 0 radical (unpaired) electrons. The minimum atomic E-state index is -0.274. The van der Waals surface area contributed by atoms with E-state index in [-0.39, 0.29) is 30.2 Å². The number of imidazole rings is 1. The van der Waals surface area contributed by atoms with Crippen LogP contribution < -0.4 is 10.6 Å². The molecular weight excluding hydrogens is 345 g/mol. The number of aromatic nitrogens is 2. The number of aryl methyl sites for hydroxylation is 1. The molecule has 0 spiro atoms. The normalized spacial score (nSPS) is 17.8. The first-order valence-electron chi connectivity index (χ1n) is 8.06. The average molecular weight is 368 g/mol. The summed E-state index contributed by atoms with van der Waals surface area (Å²) in [7, 11) is 1.96. The molecule has 1 aromatic carbocycles. The molecule has 1 aliphatic heterocycles. The van der Waals surface area contributed by atoms with E-state index < -0.39 is 0 Å². The Morgan fingerprint density at radius 3 is 2.84 bits per heavy atom. The summed E-state index contributed by atoms with van der Waals surface area (Å²) in [6, 6.07) is 6.23. The number of hydrogen-bond donors (Lipinski definition) is 2. The highest BCUT2D eigenvalue weighted by Crippen LogP contribution is 2.19. The van der Waals surface area contributed by atoms with Gasteiger partial charge in [0.15, 0.2) is 0 Å². The summed E-state index contributed by atoms with van der Waals surface area (Å²) in [4.78, 5) is 18.8. The first kappa shape index (κ1) is 19.4. The molecule has 8 heteroatoms. The van der Waals surface area contributed by atoms with Gasteiger partial charge in [0.1, 0.15) is 11.6 Å². The summed E-state index contributed by atoms with van der Waals surface area (Å²) in [6.07, 6.45) is 3.69. The molecule has 0 bridgehead atoms. The highest BCUT2D eigenvalue weighted by molar-refractivity contribution is 5.85. The van der Waals surface area contributed by atoms with Crippen LogP contribution in [0.1, 0.15) is 17.4 Å². The van der Waals surface area contributed by atoms with Crippen LogP contribution in [0.2, 0.25) is 0 Å². The van der Waals surface area contributed by atoms with Gasteiger partial charge in [-0.2, -0.15) is 0 Å². The first-order valence-corrected chi connectivity index (χ1v) is 8.06. The number of hydrogen-bond acceptors (Lipinski definition) is 4. The smallest absolute Gasteiger partial charge is 0.234 e. The van der Waals surface area contributed by atoms with Crippen molar-refractivity contribution in [3.05, 3.63) is 53.9 Å². The summed E-state index contributed by atoms with van der Waals surface area (Å²) in [5, 5.41) is 6.25. The fourth-order valence-electron chi connectivity index (χ4n) is 2.93.